The van der Waals surface area contributed by atoms with Gasteiger partial charge < -0.3 is 4.74 Å². The number of nitriles is 1. The third kappa shape index (κ3) is 4.86. The summed E-state index contributed by atoms with van der Waals surface area (Å²) in [5.74, 6) is -0.721. The van der Waals surface area contributed by atoms with Crippen LogP contribution in [0.2, 0.25) is 5.02 Å². The van der Waals surface area contributed by atoms with Gasteiger partial charge in [-0.3, -0.25) is 0 Å². The molecule has 8 heteroatoms. The van der Waals surface area contributed by atoms with Crippen LogP contribution in [-0.2, 0) is 21.4 Å². The van der Waals surface area contributed by atoms with Crippen molar-refractivity contribution in [1.29, 1.82) is 5.26 Å². The van der Waals surface area contributed by atoms with E-state index in [0.29, 0.717) is 24.2 Å². The van der Waals surface area contributed by atoms with Crippen LogP contribution in [0.1, 0.15) is 35.3 Å². The zero-order valence-corrected chi connectivity index (χ0v) is 16.5. The quantitative estimate of drug-likeness (QED) is 0.655. The lowest BCUT2D eigenvalue weighted by atomic mass is 10.1. The maximum absolute atomic E-state index is 12.6. The van der Waals surface area contributed by atoms with E-state index in [-0.39, 0.29) is 22.1 Å². The summed E-state index contributed by atoms with van der Waals surface area (Å²) in [6, 6.07) is 12.6. The van der Waals surface area contributed by atoms with Gasteiger partial charge >= 0.3 is 5.97 Å². The molecule has 0 aromatic heterocycles. The topological polar surface area (TPSA) is 87.5 Å². The van der Waals surface area contributed by atoms with Crippen LogP contribution in [0.3, 0.4) is 0 Å². The van der Waals surface area contributed by atoms with E-state index in [4.69, 9.17) is 21.6 Å². The highest BCUT2D eigenvalue weighted by atomic mass is 35.5. The van der Waals surface area contributed by atoms with Crippen LogP contribution in [0.5, 0.6) is 0 Å². The number of sulfonamides is 1. The molecule has 0 aliphatic heterocycles. The molecule has 142 valence electrons. The van der Waals surface area contributed by atoms with Crippen molar-refractivity contribution < 1.29 is 17.9 Å². The normalized spacial score (nSPS) is 11.2. The van der Waals surface area contributed by atoms with Crippen molar-refractivity contribution >= 4 is 27.6 Å². The van der Waals surface area contributed by atoms with E-state index in [9.17, 15) is 13.2 Å². The van der Waals surface area contributed by atoms with Crippen molar-refractivity contribution in [1.82, 2.24) is 4.31 Å². The first kappa shape index (κ1) is 20.9. The maximum atomic E-state index is 12.6. The molecule has 0 saturated heterocycles. The fraction of sp³-hybridized carbons (Fsp3) is 0.263. The van der Waals surface area contributed by atoms with Crippen molar-refractivity contribution in [2.45, 2.75) is 25.3 Å². The summed E-state index contributed by atoms with van der Waals surface area (Å²) in [5, 5.41) is 8.90. The van der Waals surface area contributed by atoms with Gasteiger partial charge in [0.25, 0.3) is 0 Å². The van der Waals surface area contributed by atoms with Gasteiger partial charge in [-0.05, 0) is 35.9 Å². The second-order valence-corrected chi connectivity index (χ2v) is 7.96. The molecule has 27 heavy (non-hydrogen) atoms. The number of esters is 1. The molecular weight excluding hydrogens is 388 g/mol. The number of nitrogens with zero attached hydrogens (tertiary/aromatic N) is 2. The smallest absolute Gasteiger partial charge is 0.340 e. The van der Waals surface area contributed by atoms with Crippen LogP contribution in [-0.4, -0.2) is 31.8 Å². The molecule has 0 saturated carbocycles. The Bertz CT molecular complexity index is 962. The predicted molar refractivity (Wildman–Crippen MR) is 102 cm³/mol. The standard InChI is InChI=1S/C19H19ClN2O4S/c1-3-22(4-2)27(24,25)16-9-10-18(20)17(11-16)19(23)26-13-15-7-5-14(12-21)6-8-15/h5-11H,3-4,13H2,1-2H3. The highest BCUT2D eigenvalue weighted by molar-refractivity contribution is 7.89. The number of hydrogen-bond acceptors (Lipinski definition) is 5. The van der Waals surface area contributed by atoms with Gasteiger partial charge in [0.15, 0.2) is 0 Å². The molecule has 0 bridgehead atoms. The minimum absolute atomic E-state index is 0.0130. The highest BCUT2D eigenvalue weighted by Crippen LogP contribution is 2.24. The Balaban J connectivity index is 2.22. The molecule has 0 aliphatic rings. The molecule has 0 heterocycles. The van der Waals surface area contributed by atoms with Gasteiger partial charge in [0.05, 0.1) is 27.1 Å². The summed E-state index contributed by atoms with van der Waals surface area (Å²) in [5.41, 5.74) is 1.19. The Morgan fingerprint density at radius 1 is 1.15 bits per heavy atom. The lowest BCUT2D eigenvalue weighted by Gasteiger charge is -2.19. The number of hydrogen-bond donors (Lipinski definition) is 0. The van der Waals surface area contributed by atoms with Crippen molar-refractivity contribution in [2.24, 2.45) is 0 Å². The van der Waals surface area contributed by atoms with E-state index in [1.165, 1.54) is 22.5 Å². The Hall–Kier alpha value is -2.40. The Kier molecular flexibility index (Phi) is 6.97. The molecule has 0 unspecified atom stereocenters. The fourth-order valence-corrected chi connectivity index (χ4v) is 4.12. The second kappa shape index (κ2) is 9.00. The molecule has 0 aliphatic carbocycles. The first-order chi connectivity index (χ1) is 12.8. The van der Waals surface area contributed by atoms with Crippen molar-refractivity contribution in [3.63, 3.8) is 0 Å². The number of ether oxygens (including phenoxy) is 1. The van der Waals surface area contributed by atoms with E-state index in [0.717, 1.165) is 0 Å². The molecule has 0 amide bonds. The van der Waals surface area contributed by atoms with Gasteiger partial charge in [0.2, 0.25) is 10.0 Å². The first-order valence-electron chi connectivity index (χ1n) is 8.29. The largest absolute Gasteiger partial charge is 0.457 e. The van der Waals surface area contributed by atoms with Gasteiger partial charge in [0, 0.05) is 13.1 Å². The molecule has 0 radical (unpaired) electrons. The van der Waals surface area contributed by atoms with Crippen molar-refractivity contribution in [3.05, 3.63) is 64.2 Å². The number of carbonyl (C=O) groups excluding carboxylic acids is 1. The summed E-state index contributed by atoms with van der Waals surface area (Å²) in [6.07, 6.45) is 0. The molecule has 0 fully saturated rings. The van der Waals surface area contributed by atoms with E-state index in [1.54, 1.807) is 38.1 Å². The maximum Gasteiger partial charge on any atom is 0.340 e. The van der Waals surface area contributed by atoms with Crippen LogP contribution in [0.15, 0.2) is 47.4 Å². The van der Waals surface area contributed by atoms with Gasteiger partial charge in [-0.25, -0.2) is 13.2 Å². The van der Waals surface area contributed by atoms with Crippen molar-refractivity contribution in [3.8, 4) is 6.07 Å². The highest BCUT2D eigenvalue weighted by Gasteiger charge is 2.24. The van der Waals surface area contributed by atoms with Crippen molar-refractivity contribution in [2.75, 3.05) is 13.1 Å². The number of carbonyl (C=O) groups is 1. The van der Waals surface area contributed by atoms with Crippen LogP contribution in [0.25, 0.3) is 0 Å². The summed E-state index contributed by atoms with van der Waals surface area (Å²) in [7, 11) is -3.71. The zero-order valence-electron chi connectivity index (χ0n) is 15.0. The lowest BCUT2D eigenvalue weighted by Crippen LogP contribution is -2.30. The molecular formula is C19H19ClN2O4S. The minimum Gasteiger partial charge on any atom is -0.457 e. The van der Waals surface area contributed by atoms with E-state index in [1.807, 2.05) is 6.07 Å². The second-order valence-electron chi connectivity index (χ2n) is 5.62. The van der Waals surface area contributed by atoms with E-state index < -0.39 is 16.0 Å². The van der Waals surface area contributed by atoms with Gasteiger partial charge in [-0.15, -0.1) is 0 Å². The minimum atomic E-state index is -3.71. The third-order valence-electron chi connectivity index (χ3n) is 3.95. The van der Waals surface area contributed by atoms with Gasteiger partial charge in [-0.2, -0.15) is 9.57 Å². The number of halogens is 1. The lowest BCUT2D eigenvalue weighted by molar-refractivity contribution is 0.0472. The average molecular weight is 407 g/mol. The summed E-state index contributed by atoms with van der Waals surface area (Å²) < 4.78 is 31.8. The summed E-state index contributed by atoms with van der Waals surface area (Å²) in [4.78, 5) is 12.4. The average Bonchev–Trinajstić information content (AvgIpc) is 2.67. The fourth-order valence-electron chi connectivity index (χ4n) is 2.44. The zero-order chi connectivity index (χ0) is 20.0. The molecule has 0 N–H and O–H groups in total. The number of rotatable bonds is 7. The first-order valence-corrected chi connectivity index (χ1v) is 10.1. The van der Waals surface area contributed by atoms with Crippen LogP contribution >= 0.6 is 11.6 Å². The summed E-state index contributed by atoms with van der Waals surface area (Å²) in [6.45, 7) is 4.10. The van der Waals surface area contributed by atoms with Gasteiger partial charge in [-0.1, -0.05) is 37.6 Å². The summed E-state index contributed by atoms with van der Waals surface area (Å²) >= 11 is 6.06. The molecule has 0 spiro atoms. The molecule has 6 nitrogen and oxygen atoms in total. The molecule has 2 aromatic rings. The third-order valence-corrected chi connectivity index (χ3v) is 6.33. The SMILES string of the molecule is CCN(CC)S(=O)(=O)c1ccc(Cl)c(C(=O)OCc2ccc(C#N)cc2)c1. The van der Waals surface area contributed by atoms with E-state index in [2.05, 4.69) is 0 Å². The molecule has 2 aromatic carbocycles. The van der Waals surface area contributed by atoms with E-state index >= 15 is 0 Å². The van der Waals surface area contributed by atoms with Crippen LogP contribution < -0.4 is 0 Å². The molecule has 2 rings (SSSR count). The van der Waals surface area contributed by atoms with Crippen LogP contribution in [0, 0.1) is 11.3 Å². The van der Waals surface area contributed by atoms with Crippen LogP contribution in [0.4, 0.5) is 0 Å². The predicted octanol–water partition coefficient (Wildman–Crippen LogP) is 3.60. The van der Waals surface area contributed by atoms with Gasteiger partial charge in [0.1, 0.15) is 6.61 Å². The Morgan fingerprint density at radius 2 is 1.78 bits per heavy atom. The Labute approximate surface area is 164 Å². The number of benzene rings is 2. The monoisotopic (exact) mass is 406 g/mol. The molecule has 0 atom stereocenters. The Morgan fingerprint density at radius 3 is 2.33 bits per heavy atom.